The molecule has 5 heteroatoms. The second-order valence-electron chi connectivity index (χ2n) is 4.03. The number of ketones is 1. The number of benzene rings is 1. The molecule has 2 rings (SSSR count). The maximum atomic E-state index is 10.0. The van der Waals surface area contributed by atoms with E-state index in [0.717, 1.165) is 15.7 Å². The van der Waals surface area contributed by atoms with Crippen molar-refractivity contribution in [1.29, 1.82) is 0 Å². The number of carbonyl (C=O) groups excluding carboxylic acids is 1. The van der Waals surface area contributed by atoms with Gasteiger partial charge in [0.05, 0.1) is 5.76 Å². The van der Waals surface area contributed by atoms with Crippen molar-refractivity contribution in [3.63, 3.8) is 0 Å². The van der Waals surface area contributed by atoms with Gasteiger partial charge < -0.3 is 10.1 Å². The van der Waals surface area contributed by atoms with Crippen molar-refractivity contribution in [2.24, 2.45) is 0 Å². The van der Waals surface area contributed by atoms with Crippen LogP contribution in [0, 0.1) is 6.07 Å². The molecule has 0 amide bonds. The van der Waals surface area contributed by atoms with Crippen molar-refractivity contribution >= 4 is 21.7 Å². The zero-order valence-corrected chi connectivity index (χ0v) is 15.5. The van der Waals surface area contributed by atoms with E-state index in [9.17, 15) is 4.79 Å². The average Bonchev–Trinajstić information content (AvgIpc) is 2.39. The van der Waals surface area contributed by atoms with Gasteiger partial charge in [-0.05, 0) is 25.6 Å². The van der Waals surface area contributed by atoms with Gasteiger partial charge in [0.2, 0.25) is 0 Å². The molecule has 0 unspecified atom stereocenters. The second-order valence-corrected chi connectivity index (χ2v) is 4.95. The first-order chi connectivity index (χ1) is 9.49. The summed E-state index contributed by atoms with van der Waals surface area (Å²) in [6.45, 7) is 2.85. The molecule has 0 spiro atoms. The Morgan fingerprint density at radius 3 is 2.48 bits per heavy atom. The van der Waals surface area contributed by atoms with E-state index in [0.29, 0.717) is 0 Å². The Balaban J connectivity index is 0.000000436. The number of carbonyl (C=O) groups is 1. The van der Waals surface area contributed by atoms with Crippen molar-refractivity contribution in [3.05, 3.63) is 65.0 Å². The van der Waals surface area contributed by atoms with Crippen LogP contribution in [-0.2, 0) is 25.9 Å². The Bertz CT molecular complexity index is 596. The fourth-order valence-corrected chi connectivity index (χ4v) is 1.76. The molecule has 1 aromatic heterocycles. The van der Waals surface area contributed by atoms with Gasteiger partial charge in [-0.1, -0.05) is 32.5 Å². The van der Waals surface area contributed by atoms with Gasteiger partial charge in [-0.3, -0.25) is 4.79 Å². The van der Waals surface area contributed by atoms with Crippen LogP contribution in [0.25, 0.3) is 11.3 Å². The molecule has 0 saturated carbocycles. The van der Waals surface area contributed by atoms with Gasteiger partial charge >= 0.3 is 0 Å². The van der Waals surface area contributed by atoms with Crippen molar-refractivity contribution in [2.75, 3.05) is 0 Å². The van der Waals surface area contributed by atoms with Crippen LogP contribution in [0.2, 0.25) is 0 Å². The van der Waals surface area contributed by atoms with Crippen molar-refractivity contribution < 1.29 is 31.0 Å². The number of rotatable bonds is 2. The molecule has 0 fully saturated rings. The number of hydrogen-bond acceptors (Lipinski definition) is 3. The molecule has 114 valence electrons. The largest absolute Gasteiger partial charge is 0.512 e. The third kappa shape index (κ3) is 8.59. The predicted octanol–water partition coefficient (Wildman–Crippen LogP) is 4.35. The summed E-state index contributed by atoms with van der Waals surface area (Å²) in [5, 5.41) is 8.36. The van der Waals surface area contributed by atoms with E-state index < -0.39 is 0 Å². The summed E-state index contributed by atoms with van der Waals surface area (Å²) in [5.41, 5.74) is 1.96. The summed E-state index contributed by atoms with van der Waals surface area (Å²) in [7, 11) is 0. The van der Waals surface area contributed by atoms with E-state index in [1.165, 1.54) is 19.9 Å². The molecule has 0 atom stereocenters. The zero-order valence-electron chi connectivity index (χ0n) is 11.6. The minimum Gasteiger partial charge on any atom is -0.512 e. The van der Waals surface area contributed by atoms with Crippen LogP contribution in [-0.4, -0.2) is 15.9 Å². The molecule has 0 aliphatic heterocycles. The standard InChI is InChI=1S/C11H7BrN.C5H8O2.Pt/c12-10-5-3-4-9(8-10)11-6-1-2-7-13-11;1-4(6)3-5(2)7;/h1-3,5-8H;3,6H,1-2H3;/q-1;;. The third-order valence-electron chi connectivity index (χ3n) is 2.12. The van der Waals surface area contributed by atoms with E-state index in [1.54, 1.807) is 6.20 Å². The number of pyridine rings is 1. The van der Waals surface area contributed by atoms with E-state index in [1.807, 2.05) is 36.4 Å². The maximum Gasteiger partial charge on any atom is 0.155 e. The van der Waals surface area contributed by atoms with Crippen molar-refractivity contribution in [1.82, 2.24) is 4.98 Å². The molecule has 0 aliphatic rings. The Labute approximate surface area is 147 Å². The molecule has 2 aromatic rings. The molecule has 1 heterocycles. The van der Waals surface area contributed by atoms with E-state index in [4.69, 9.17) is 5.11 Å². The van der Waals surface area contributed by atoms with Crippen LogP contribution in [0.15, 0.2) is 58.9 Å². The van der Waals surface area contributed by atoms with E-state index in [2.05, 4.69) is 27.0 Å². The normalized spacial score (nSPS) is 9.95. The van der Waals surface area contributed by atoms with Crippen LogP contribution in [0.3, 0.4) is 0 Å². The fraction of sp³-hybridized carbons (Fsp3) is 0.125. The molecule has 21 heavy (non-hydrogen) atoms. The number of halogens is 1. The number of hydrogen-bond donors (Lipinski definition) is 1. The molecule has 0 radical (unpaired) electrons. The Morgan fingerprint density at radius 1 is 1.33 bits per heavy atom. The van der Waals surface area contributed by atoms with Crippen molar-refractivity contribution in [3.8, 4) is 11.3 Å². The smallest absolute Gasteiger partial charge is 0.155 e. The number of nitrogens with zero attached hydrogens (tertiary/aromatic N) is 1. The summed E-state index contributed by atoms with van der Waals surface area (Å²) in [6.07, 6.45) is 2.95. The monoisotopic (exact) mass is 527 g/mol. The fourth-order valence-electron chi connectivity index (χ4n) is 1.40. The number of allylic oxidation sites excluding steroid dienone is 2. The van der Waals surface area contributed by atoms with Crippen LogP contribution in [0.4, 0.5) is 0 Å². The molecule has 1 N–H and O–H groups in total. The van der Waals surface area contributed by atoms with Crippen LogP contribution in [0.5, 0.6) is 0 Å². The van der Waals surface area contributed by atoms with E-state index >= 15 is 0 Å². The molecule has 0 bridgehead atoms. The van der Waals surface area contributed by atoms with Gasteiger partial charge in [-0.15, -0.1) is 29.8 Å². The Morgan fingerprint density at radius 2 is 2.05 bits per heavy atom. The van der Waals surface area contributed by atoms with Gasteiger partial charge in [0.25, 0.3) is 0 Å². The summed E-state index contributed by atoms with van der Waals surface area (Å²) in [4.78, 5) is 14.3. The molecule has 0 saturated heterocycles. The summed E-state index contributed by atoms with van der Waals surface area (Å²) in [5.74, 6) is -0.0625. The van der Waals surface area contributed by atoms with E-state index in [-0.39, 0.29) is 32.6 Å². The van der Waals surface area contributed by atoms with Gasteiger partial charge in [0, 0.05) is 33.3 Å². The summed E-state index contributed by atoms with van der Waals surface area (Å²) >= 11 is 3.41. The van der Waals surface area contributed by atoms with Crippen LogP contribution >= 0.6 is 15.9 Å². The van der Waals surface area contributed by atoms with Gasteiger partial charge in [0.15, 0.2) is 5.78 Å². The first-order valence-corrected chi connectivity index (χ1v) is 6.75. The number of aromatic nitrogens is 1. The second kappa shape index (κ2) is 10.5. The Kier molecular flexibility index (Phi) is 9.85. The summed E-state index contributed by atoms with van der Waals surface area (Å²) < 4.78 is 1.05. The third-order valence-corrected chi connectivity index (χ3v) is 2.61. The SMILES string of the molecule is Brc1cc[c-]c(-c2ccccn2)c1.CC(=O)C=C(C)O.[Pt]. The minimum atomic E-state index is -0.125. The summed E-state index contributed by atoms with van der Waals surface area (Å²) in [6, 6.07) is 14.8. The molecular weight excluding hydrogens is 513 g/mol. The topological polar surface area (TPSA) is 50.2 Å². The number of aliphatic hydroxyl groups is 1. The predicted molar refractivity (Wildman–Crippen MR) is 83.3 cm³/mol. The minimum absolute atomic E-state index is 0. The maximum absolute atomic E-state index is 10.0. The molecule has 3 nitrogen and oxygen atoms in total. The Hall–Kier alpha value is -1.25. The van der Waals surface area contributed by atoms with Gasteiger partial charge in [-0.25, -0.2) is 0 Å². The quantitative estimate of drug-likeness (QED) is 0.359. The molecule has 1 aromatic carbocycles. The van der Waals surface area contributed by atoms with Crippen LogP contribution in [0.1, 0.15) is 13.8 Å². The first-order valence-electron chi connectivity index (χ1n) is 5.95. The van der Waals surface area contributed by atoms with Gasteiger partial charge in [-0.2, -0.15) is 0 Å². The van der Waals surface area contributed by atoms with Crippen LogP contribution < -0.4 is 0 Å². The van der Waals surface area contributed by atoms with Crippen molar-refractivity contribution in [2.45, 2.75) is 13.8 Å². The molecule has 0 aliphatic carbocycles. The van der Waals surface area contributed by atoms with Gasteiger partial charge in [0.1, 0.15) is 0 Å². The average molecular weight is 528 g/mol. The number of aliphatic hydroxyl groups excluding tert-OH is 1. The zero-order chi connectivity index (χ0) is 15.0. The molecular formula is C16H15BrNO2Pt-. The first kappa shape index (κ1) is 19.7.